The molecule has 0 bridgehead atoms. The molecule has 0 N–H and O–H groups in total. The second-order valence-electron chi connectivity index (χ2n) is 4.94. The zero-order valence-corrected chi connectivity index (χ0v) is 13.9. The van der Waals surface area contributed by atoms with Gasteiger partial charge in [-0.25, -0.2) is 0 Å². The zero-order chi connectivity index (χ0) is 16.1. The van der Waals surface area contributed by atoms with Gasteiger partial charge in [-0.2, -0.15) is 0 Å². The lowest BCUT2D eigenvalue weighted by Gasteiger charge is -2.25. The van der Waals surface area contributed by atoms with Gasteiger partial charge in [0.15, 0.2) is 0 Å². The number of rotatable bonds is 6. The molecule has 5 heteroatoms. The van der Waals surface area contributed by atoms with Gasteiger partial charge in [-0.1, -0.05) is 30.3 Å². The van der Waals surface area contributed by atoms with Gasteiger partial charge >= 0.3 is 0 Å². The summed E-state index contributed by atoms with van der Waals surface area (Å²) in [5, 5.41) is -0.711. The van der Waals surface area contributed by atoms with Gasteiger partial charge in [0.1, 0.15) is 11.0 Å². The fourth-order valence-corrected chi connectivity index (χ4v) is 3.91. The van der Waals surface area contributed by atoms with Crippen LogP contribution in [-0.2, 0) is 15.6 Å². The van der Waals surface area contributed by atoms with Crippen molar-refractivity contribution in [3.63, 3.8) is 0 Å². The van der Waals surface area contributed by atoms with E-state index < -0.39 is 16.0 Å². The molecule has 0 aliphatic rings. The average Bonchev–Trinajstić information content (AvgIpc) is 2.96. The van der Waals surface area contributed by atoms with Crippen LogP contribution in [0.15, 0.2) is 52.0 Å². The van der Waals surface area contributed by atoms with Gasteiger partial charge in [-0.05, 0) is 32.4 Å². The molecule has 0 radical (unpaired) electrons. The highest BCUT2D eigenvalue weighted by atomic mass is 32.2. The molecule has 2 aromatic rings. The number of hydrogen-bond donors (Lipinski definition) is 0. The monoisotopic (exact) mass is 319 g/mol. The first-order valence-electron chi connectivity index (χ1n) is 7.38. The van der Waals surface area contributed by atoms with E-state index in [0.717, 1.165) is 5.56 Å². The number of aryl methyl sites for hydroxylation is 1. The minimum Gasteiger partial charge on any atom is -0.468 e. The second kappa shape index (κ2) is 7.40. The van der Waals surface area contributed by atoms with Gasteiger partial charge in [0.2, 0.25) is 5.91 Å². The summed E-state index contributed by atoms with van der Waals surface area (Å²) in [5.74, 6) is 0.474. The van der Waals surface area contributed by atoms with Crippen LogP contribution >= 0.6 is 0 Å². The van der Waals surface area contributed by atoms with E-state index in [1.54, 1.807) is 17.9 Å². The molecule has 2 rings (SSSR count). The molecule has 0 saturated heterocycles. The minimum absolute atomic E-state index is 0.116. The summed E-state index contributed by atoms with van der Waals surface area (Å²) in [6.45, 7) is 6.81. The zero-order valence-electron chi connectivity index (χ0n) is 13.1. The molecule has 1 aromatic heterocycles. The Morgan fingerprint density at radius 2 is 1.82 bits per heavy atom. The highest BCUT2D eigenvalue weighted by Gasteiger charge is 2.32. The van der Waals surface area contributed by atoms with E-state index >= 15 is 0 Å². The van der Waals surface area contributed by atoms with Crippen LogP contribution in [-0.4, -0.2) is 28.1 Å². The van der Waals surface area contributed by atoms with Crippen molar-refractivity contribution in [2.75, 3.05) is 13.1 Å². The largest absolute Gasteiger partial charge is 0.468 e. The first-order chi connectivity index (χ1) is 10.6. The standard InChI is InChI=1S/C17H21NO3S/c1-4-18(5-2)17(19)16(14-9-7-6-8-10-14)22(20)15-11-12-21-13(15)3/h6-12,16H,4-5H2,1-3H3/t16-,22-/m1/s1. The molecule has 2 atom stereocenters. The molecule has 0 unspecified atom stereocenters. The number of furan rings is 1. The molecule has 0 spiro atoms. The summed E-state index contributed by atoms with van der Waals surface area (Å²) in [6.07, 6.45) is 1.51. The van der Waals surface area contributed by atoms with Crippen LogP contribution in [0.2, 0.25) is 0 Å². The van der Waals surface area contributed by atoms with Crippen LogP contribution in [0, 0.1) is 6.92 Å². The number of carbonyl (C=O) groups excluding carboxylic acids is 1. The molecule has 1 aromatic carbocycles. The Bertz CT molecular complexity index is 647. The molecule has 4 nitrogen and oxygen atoms in total. The molecule has 0 aliphatic heterocycles. The maximum Gasteiger partial charge on any atom is 0.243 e. The van der Waals surface area contributed by atoms with Crippen LogP contribution in [0.5, 0.6) is 0 Å². The fraction of sp³-hybridized carbons (Fsp3) is 0.353. The Morgan fingerprint density at radius 1 is 1.18 bits per heavy atom. The Morgan fingerprint density at radius 3 is 2.32 bits per heavy atom. The molecule has 1 amide bonds. The lowest BCUT2D eigenvalue weighted by Crippen LogP contribution is -2.36. The Labute approximate surface area is 133 Å². The van der Waals surface area contributed by atoms with Crippen LogP contribution in [0.25, 0.3) is 0 Å². The number of hydrogen-bond acceptors (Lipinski definition) is 3. The Balaban J connectivity index is 2.45. The molecule has 0 aliphatic carbocycles. The van der Waals surface area contributed by atoms with E-state index in [2.05, 4.69) is 0 Å². The van der Waals surface area contributed by atoms with Crippen molar-refractivity contribution in [1.82, 2.24) is 4.90 Å². The molecule has 22 heavy (non-hydrogen) atoms. The third-order valence-electron chi connectivity index (χ3n) is 3.64. The molecule has 1 heterocycles. The van der Waals surface area contributed by atoms with E-state index in [9.17, 15) is 9.00 Å². The van der Waals surface area contributed by atoms with Crippen molar-refractivity contribution in [2.45, 2.75) is 30.9 Å². The number of nitrogens with zero attached hydrogens (tertiary/aromatic N) is 1. The summed E-state index contributed by atoms with van der Waals surface area (Å²) in [5.41, 5.74) is 0.762. The van der Waals surface area contributed by atoms with Crippen LogP contribution in [0.1, 0.15) is 30.4 Å². The molecule has 0 saturated carbocycles. The Hall–Kier alpha value is -1.88. The fourth-order valence-electron chi connectivity index (χ4n) is 2.40. The topological polar surface area (TPSA) is 50.5 Å². The van der Waals surface area contributed by atoms with Gasteiger partial charge in [0.25, 0.3) is 0 Å². The van der Waals surface area contributed by atoms with Gasteiger partial charge in [-0.3, -0.25) is 9.00 Å². The maximum atomic E-state index is 13.0. The summed E-state index contributed by atoms with van der Waals surface area (Å²) in [4.78, 5) is 15.1. The third-order valence-corrected chi connectivity index (χ3v) is 5.40. The van der Waals surface area contributed by atoms with E-state index in [0.29, 0.717) is 23.7 Å². The maximum absolute atomic E-state index is 13.0. The summed E-state index contributed by atoms with van der Waals surface area (Å²) >= 11 is 0. The first kappa shape index (κ1) is 16.5. The minimum atomic E-state index is -1.49. The smallest absolute Gasteiger partial charge is 0.243 e. The van der Waals surface area contributed by atoms with Gasteiger partial charge < -0.3 is 9.32 Å². The predicted octanol–water partition coefficient (Wildman–Crippen LogP) is 3.31. The van der Waals surface area contributed by atoms with Crippen LogP contribution in [0.3, 0.4) is 0 Å². The van der Waals surface area contributed by atoms with Gasteiger partial charge in [-0.15, -0.1) is 0 Å². The van der Waals surface area contributed by atoms with Crippen molar-refractivity contribution in [2.24, 2.45) is 0 Å². The normalized spacial score (nSPS) is 13.6. The third kappa shape index (κ3) is 3.30. The van der Waals surface area contributed by atoms with Crippen molar-refractivity contribution >= 4 is 16.7 Å². The van der Waals surface area contributed by atoms with Gasteiger partial charge in [0, 0.05) is 13.1 Å². The highest BCUT2D eigenvalue weighted by molar-refractivity contribution is 7.86. The predicted molar refractivity (Wildman–Crippen MR) is 87.0 cm³/mol. The van der Waals surface area contributed by atoms with Gasteiger partial charge in [0.05, 0.1) is 22.0 Å². The lowest BCUT2D eigenvalue weighted by atomic mass is 10.1. The summed E-state index contributed by atoms with van der Waals surface area (Å²) in [7, 11) is -1.49. The SMILES string of the molecule is CCN(CC)C(=O)[C@@H](c1ccccc1)[S@](=O)c1ccoc1C. The van der Waals surface area contributed by atoms with E-state index in [1.807, 2.05) is 44.2 Å². The van der Waals surface area contributed by atoms with Crippen molar-refractivity contribution in [1.29, 1.82) is 0 Å². The van der Waals surface area contributed by atoms with Crippen LogP contribution in [0.4, 0.5) is 0 Å². The second-order valence-corrected chi connectivity index (χ2v) is 6.45. The Kier molecular flexibility index (Phi) is 5.55. The molecular weight excluding hydrogens is 298 g/mol. The number of likely N-dealkylation sites (N-methyl/N-ethyl adjacent to an activating group) is 1. The number of benzene rings is 1. The number of amides is 1. The van der Waals surface area contributed by atoms with Crippen molar-refractivity contribution in [3.8, 4) is 0 Å². The van der Waals surface area contributed by atoms with E-state index in [-0.39, 0.29) is 5.91 Å². The van der Waals surface area contributed by atoms with Crippen LogP contribution < -0.4 is 0 Å². The number of carbonyl (C=O) groups is 1. The van der Waals surface area contributed by atoms with Crippen molar-refractivity contribution in [3.05, 3.63) is 54.0 Å². The highest BCUT2D eigenvalue weighted by Crippen LogP contribution is 2.29. The molecular formula is C17H21NO3S. The first-order valence-corrected chi connectivity index (χ1v) is 8.59. The molecule has 0 fully saturated rings. The lowest BCUT2D eigenvalue weighted by molar-refractivity contribution is -0.130. The van der Waals surface area contributed by atoms with Crippen molar-refractivity contribution < 1.29 is 13.4 Å². The summed E-state index contributed by atoms with van der Waals surface area (Å²) in [6, 6.07) is 11.0. The molecule has 118 valence electrons. The quantitative estimate of drug-likeness (QED) is 0.821. The van der Waals surface area contributed by atoms with E-state index in [4.69, 9.17) is 4.42 Å². The van der Waals surface area contributed by atoms with E-state index in [1.165, 1.54) is 6.26 Å². The average molecular weight is 319 g/mol. The summed E-state index contributed by atoms with van der Waals surface area (Å²) < 4.78 is 18.3.